The average Bonchev–Trinajstić information content (AvgIpc) is 2.59. The summed E-state index contributed by atoms with van der Waals surface area (Å²) in [4.78, 5) is 14.4. The molecule has 1 aromatic rings. The molecular formula is C14H18N2OS. The number of nitrogens with zero attached hydrogens (tertiary/aromatic N) is 1. The van der Waals surface area contributed by atoms with Crippen molar-refractivity contribution >= 4 is 17.7 Å². The van der Waals surface area contributed by atoms with Crippen molar-refractivity contribution in [3.63, 3.8) is 0 Å². The highest BCUT2D eigenvalue weighted by Gasteiger charge is 2.32. The monoisotopic (exact) mass is 262 g/mol. The van der Waals surface area contributed by atoms with Gasteiger partial charge >= 0.3 is 0 Å². The van der Waals surface area contributed by atoms with Crippen molar-refractivity contribution in [3.05, 3.63) is 35.9 Å². The molecule has 0 unspecified atom stereocenters. The molecule has 96 valence electrons. The van der Waals surface area contributed by atoms with E-state index < -0.39 is 0 Å². The van der Waals surface area contributed by atoms with Crippen LogP contribution in [0.15, 0.2) is 30.3 Å². The molecule has 0 spiro atoms. The molecule has 0 aliphatic carbocycles. The first-order valence-electron chi connectivity index (χ1n) is 6.45. The lowest BCUT2D eigenvalue weighted by atomic mass is 10.1. The van der Waals surface area contributed by atoms with Crippen molar-refractivity contribution in [2.24, 2.45) is 5.92 Å². The van der Waals surface area contributed by atoms with Gasteiger partial charge in [-0.2, -0.15) is 11.8 Å². The lowest BCUT2D eigenvalue weighted by Crippen LogP contribution is -2.40. The molecule has 2 saturated heterocycles. The average molecular weight is 262 g/mol. The molecule has 3 rings (SSSR count). The first kappa shape index (κ1) is 12.1. The van der Waals surface area contributed by atoms with Crippen molar-refractivity contribution in [1.82, 2.24) is 10.2 Å². The summed E-state index contributed by atoms with van der Waals surface area (Å²) < 4.78 is 0. The van der Waals surface area contributed by atoms with Gasteiger partial charge in [0.15, 0.2) is 0 Å². The van der Waals surface area contributed by atoms with Crippen LogP contribution in [0.4, 0.5) is 0 Å². The van der Waals surface area contributed by atoms with Crippen LogP contribution in [0.25, 0.3) is 0 Å². The molecule has 4 heteroatoms. The highest BCUT2D eigenvalue weighted by Crippen LogP contribution is 2.22. The van der Waals surface area contributed by atoms with Gasteiger partial charge in [-0.3, -0.25) is 9.69 Å². The van der Waals surface area contributed by atoms with E-state index in [2.05, 4.69) is 34.5 Å². The number of nitrogens with one attached hydrogen (secondary N) is 1. The van der Waals surface area contributed by atoms with Crippen LogP contribution in [0.3, 0.4) is 0 Å². The third-order valence-corrected chi connectivity index (χ3v) is 4.84. The van der Waals surface area contributed by atoms with E-state index in [-0.39, 0.29) is 11.8 Å². The minimum Gasteiger partial charge on any atom is -0.351 e. The fourth-order valence-corrected chi connectivity index (χ4v) is 3.84. The molecule has 2 aliphatic rings. The van der Waals surface area contributed by atoms with Gasteiger partial charge in [0.25, 0.3) is 0 Å². The van der Waals surface area contributed by atoms with E-state index in [0.717, 1.165) is 31.1 Å². The standard InChI is InChI=1S/C14H18N2OS/c17-14-12-7-16(6-11-4-2-1-3-5-11)8-13(15-14)10-18-9-12/h1-5,12-13H,6-10H2,(H,15,17)/t12-,13+/m0/s1. The van der Waals surface area contributed by atoms with Gasteiger partial charge in [-0.1, -0.05) is 30.3 Å². The van der Waals surface area contributed by atoms with Crippen LogP contribution < -0.4 is 5.32 Å². The predicted octanol–water partition coefficient (Wildman–Crippen LogP) is 1.35. The first-order chi connectivity index (χ1) is 8.81. The van der Waals surface area contributed by atoms with Gasteiger partial charge in [0.2, 0.25) is 5.91 Å². The van der Waals surface area contributed by atoms with Crippen LogP contribution in [0.2, 0.25) is 0 Å². The van der Waals surface area contributed by atoms with Gasteiger partial charge < -0.3 is 5.32 Å². The van der Waals surface area contributed by atoms with Crippen LogP contribution in [-0.4, -0.2) is 41.4 Å². The number of fused-ring (bicyclic) bond motifs is 3. The molecule has 1 N–H and O–H groups in total. The molecule has 2 aliphatic heterocycles. The van der Waals surface area contributed by atoms with Crippen LogP contribution in [-0.2, 0) is 11.3 Å². The summed E-state index contributed by atoms with van der Waals surface area (Å²) >= 11 is 1.91. The summed E-state index contributed by atoms with van der Waals surface area (Å²) in [5, 5.41) is 3.16. The third kappa shape index (κ3) is 2.70. The number of carbonyl (C=O) groups excluding carboxylic acids is 1. The number of carbonyl (C=O) groups is 1. The van der Waals surface area contributed by atoms with Gasteiger partial charge in [0, 0.05) is 31.1 Å². The maximum Gasteiger partial charge on any atom is 0.225 e. The first-order valence-corrected chi connectivity index (χ1v) is 7.61. The van der Waals surface area contributed by atoms with Gasteiger partial charge in [-0.25, -0.2) is 0 Å². The zero-order valence-corrected chi connectivity index (χ0v) is 11.2. The lowest BCUT2D eigenvalue weighted by molar-refractivity contribution is -0.124. The number of hydrogen-bond acceptors (Lipinski definition) is 3. The fourth-order valence-electron chi connectivity index (χ4n) is 2.69. The summed E-state index contributed by atoms with van der Waals surface area (Å²) in [6.45, 7) is 2.82. The number of thioether (sulfide) groups is 1. The lowest BCUT2D eigenvalue weighted by Gasteiger charge is -2.27. The van der Waals surface area contributed by atoms with E-state index in [0.29, 0.717) is 6.04 Å². The van der Waals surface area contributed by atoms with Crippen LogP contribution in [0.5, 0.6) is 0 Å². The van der Waals surface area contributed by atoms with Crippen molar-refractivity contribution in [2.45, 2.75) is 12.6 Å². The molecule has 0 aromatic heterocycles. The number of hydrogen-bond donors (Lipinski definition) is 1. The Kier molecular flexibility index (Phi) is 3.57. The van der Waals surface area contributed by atoms with E-state index in [1.807, 2.05) is 17.8 Å². The van der Waals surface area contributed by atoms with Crippen LogP contribution in [0, 0.1) is 5.92 Å². The van der Waals surface area contributed by atoms with Crippen molar-refractivity contribution in [2.75, 3.05) is 24.6 Å². The molecule has 2 heterocycles. The normalized spacial score (nSPS) is 28.6. The van der Waals surface area contributed by atoms with Crippen molar-refractivity contribution < 1.29 is 4.79 Å². The highest BCUT2D eigenvalue weighted by atomic mass is 32.2. The molecule has 2 fully saturated rings. The summed E-state index contributed by atoms with van der Waals surface area (Å²) in [7, 11) is 0. The molecule has 18 heavy (non-hydrogen) atoms. The second-order valence-electron chi connectivity index (χ2n) is 5.12. The topological polar surface area (TPSA) is 32.3 Å². The van der Waals surface area contributed by atoms with Gasteiger partial charge in [-0.15, -0.1) is 0 Å². The van der Waals surface area contributed by atoms with Crippen LogP contribution in [0.1, 0.15) is 5.56 Å². The molecule has 0 radical (unpaired) electrons. The minimum atomic E-state index is 0.159. The predicted molar refractivity (Wildman–Crippen MR) is 74.5 cm³/mol. The Balaban J connectivity index is 1.72. The maximum atomic E-state index is 11.9. The SMILES string of the molecule is O=C1N[C@H]2CSC[C@@H]1CN(Cc1ccccc1)C2. The van der Waals surface area contributed by atoms with E-state index in [4.69, 9.17) is 0 Å². The Morgan fingerprint density at radius 2 is 2.06 bits per heavy atom. The Morgan fingerprint density at radius 1 is 1.22 bits per heavy atom. The third-order valence-electron chi connectivity index (χ3n) is 3.56. The molecule has 1 aromatic carbocycles. The summed E-state index contributed by atoms with van der Waals surface area (Å²) in [6.07, 6.45) is 0. The Hall–Kier alpha value is -1.00. The molecule has 2 atom stereocenters. The van der Waals surface area contributed by atoms with Crippen molar-refractivity contribution in [3.8, 4) is 0 Å². The summed E-state index contributed by atoms with van der Waals surface area (Å²) in [5.74, 6) is 2.42. The molecule has 0 saturated carbocycles. The van der Waals surface area contributed by atoms with E-state index in [1.165, 1.54) is 5.56 Å². The van der Waals surface area contributed by atoms with E-state index in [1.54, 1.807) is 0 Å². The summed E-state index contributed by atoms with van der Waals surface area (Å²) in [5.41, 5.74) is 1.33. The van der Waals surface area contributed by atoms with E-state index in [9.17, 15) is 4.79 Å². The zero-order valence-electron chi connectivity index (χ0n) is 10.3. The van der Waals surface area contributed by atoms with Gasteiger partial charge in [0.1, 0.15) is 0 Å². The second-order valence-corrected chi connectivity index (χ2v) is 6.19. The number of benzene rings is 1. The molecule has 2 bridgehead atoms. The zero-order chi connectivity index (χ0) is 12.4. The molecular weight excluding hydrogens is 244 g/mol. The number of rotatable bonds is 2. The quantitative estimate of drug-likeness (QED) is 0.873. The maximum absolute atomic E-state index is 11.9. The largest absolute Gasteiger partial charge is 0.351 e. The Labute approximate surface area is 112 Å². The van der Waals surface area contributed by atoms with Crippen LogP contribution >= 0.6 is 11.8 Å². The van der Waals surface area contributed by atoms with Gasteiger partial charge in [0.05, 0.1) is 12.0 Å². The Bertz CT molecular complexity index is 423. The molecule has 3 nitrogen and oxygen atoms in total. The second kappa shape index (κ2) is 5.33. The Morgan fingerprint density at radius 3 is 2.89 bits per heavy atom. The van der Waals surface area contributed by atoms with Crippen molar-refractivity contribution in [1.29, 1.82) is 0 Å². The number of amides is 1. The fraction of sp³-hybridized carbons (Fsp3) is 0.500. The van der Waals surface area contributed by atoms with E-state index >= 15 is 0 Å². The minimum absolute atomic E-state index is 0.159. The molecule has 1 amide bonds. The highest BCUT2D eigenvalue weighted by molar-refractivity contribution is 7.99. The smallest absolute Gasteiger partial charge is 0.225 e. The van der Waals surface area contributed by atoms with Gasteiger partial charge in [-0.05, 0) is 5.56 Å². The summed E-state index contributed by atoms with van der Waals surface area (Å²) in [6, 6.07) is 10.8.